The first kappa shape index (κ1) is 11.8. The van der Waals surface area contributed by atoms with Crippen LogP contribution in [0.15, 0.2) is 21.1 Å². The summed E-state index contributed by atoms with van der Waals surface area (Å²) in [6, 6.07) is 2.64. The van der Waals surface area contributed by atoms with Gasteiger partial charge >= 0.3 is 0 Å². The normalized spacial score (nSPS) is 10.6. The first-order valence-corrected chi connectivity index (χ1v) is 5.28. The van der Waals surface area contributed by atoms with Gasteiger partial charge in [0.05, 0.1) is 11.6 Å². The summed E-state index contributed by atoms with van der Waals surface area (Å²) in [6.07, 6.45) is 0. The zero-order chi connectivity index (χ0) is 12.6. The lowest BCUT2D eigenvalue weighted by molar-refractivity contribution is 0.369. The van der Waals surface area contributed by atoms with Crippen molar-refractivity contribution in [1.29, 1.82) is 0 Å². The molecule has 1 aromatic carbocycles. The first-order chi connectivity index (χ1) is 8.04. The molecule has 2 aromatic rings. The quantitative estimate of drug-likeness (QED) is 0.867. The van der Waals surface area contributed by atoms with Crippen LogP contribution in [0.5, 0.6) is 5.75 Å². The zero-order valence-corrected chi connectivity index (χ0v) is 10.2. The van der Waals surface area contributed by atoms with Crippen LogP contribution < -0.4 is 10.5 Å². The summed E-state index contributed by atoms with van der Waals surface area (Å²) >= 11 is 3.08. The molecule has 0 unspecified atom stereocenters. The number of hydrogen-bond donors (Lipinski definition) is 1. The summed E-state index contributed by atoms with van der Waals surface area (Å²) < 4.78 is 36.9. The fourth-order valence-electron chi connectivity index (χ4n) is 1.37. The number of anilines is 1. The van der Waals surface area contributed by atoms with Crippen LogP contribution in [0.3, 0.4) is 0 Å². The molecule has 0 radical (unpaired) electrons. The monoisotopic (exact) mass is 304 g/mol. The van der Waals surface area contributed by atoms with Crippen molar-refractivity contribution in [3.8, 4) is 17.0 Å². The van der Waals surface area contributed by atoms with Gasteiger partial charge < -0.3 is 15.0 Å². The minimum absolute atomic E-state index is 0.0201. The lowest BCUT2D eigenvalue weighted by atomic mass is 10.1. The van der Waals surface area contributed by atoms with Crippen LogP contribution in [0.25, 0.3) is 11.3 Å². The maximum atomic E-state index is 13.7. The van der Waals surface area contributed by atoms with Gasteiger partial charge in [-0.2, -0.15) is 4.39 Å². The molecule has 0 amide bonds. The smallest absolute Gasteiger partial charge is 0.222 e. The molecule has 2 N–H and O–H groups in total. The Hall–Kier alpha value is -1.63. The van der Waals surface area contributed by atoms with E-state index in [1.165, 1.54) is 19.2 Å². The van der Waals surface area contributed by atoms with Crippen LogP contribution in [0.1, 0.15) is 0 Å². The maximum absolute atomic E-state index is 13.7. The van der Waals surface area contributed by atoms with Gasteiger partial charge in [-0.25, -0.2) is 4.39 Å². The van der Waals surface area contributed by atoms with Gasteiger partial charge in [0, 0.05) is 11.6 Å². The summed E-state index contributed by atoms with van der Waals surface area (Å²) in [6.45, 7) is 0. The molecule has 0 aliphatic heterocycles. The highest BCUT2D eigenvalue weighted by Gasteiger charge is 2.20. The topological polar surface area (TPSA) is 61.3 Å². The minimum Gasteiger partial charge on any atom is -0.492 e. The number of rotatable bonds is 2. The van der Waals surface area contributed by atoms with Crippen molar-refractivity contribution < 1.29 is 18.0 Å². The Balaban J connectivity index is 2.64. The van der Waals surface area contributed by atoms with Gasteiger partial charge in [-0.05, 0) is 22.0 Å². The number of hydrogen-bond acceptors (Lipinski definition) is 4. The minimum atomic E-state index is -1.10. The Kier molecular flexibility index (Phi) is 3.01. The molecule has 0 saturated heterocycles. The van der Waals surface area contributed by atoms with Crippen LogP contribution in [0, 0.1) is 11.6 Å². The predicted molar refractivity (Wildman–Crippen MR) is 60.5 cm³/mol. The molecular formula is C10H7BrF2N2O2. The Morgan fingerprint density at radius 1 is 1.35 bits per heavy atom. The second kappa shape index (κ2) is 4.33. The van der Waals surface area contributed by atoms with Crippen LogP contribution in [0.4, 0.5) is 14.7 Å². The zero-order valence-electron chi connectivity index (χ0n) is 8.63. The molecule has 0 saturated carbocycles. The molecule has 17 heavy (non-hydrogen) atoms. The second-order valence-electron chi connectivity index (χ2n) is 3.18. The molecule has 0 spiro atoms. The number of halogens is 3. The summed E-state index contributed by atoms with van der Waals surface area (Å²) in [5.41, 5.74) is 5.37. The van der Waals surface area contributed by atoms with E-state index in [1.54, 1.807) is 0 Å². The van der Waals surface area contributed by atoms with E-state index in [1.807, 2.05) is 0 Å². The highest BCUT2D eigenvalue weighted by molar-refractivity contribution is 9.10. The molecule has 0 fully saturated rings. The number of methoxy groups -OCH3 is 1. The summed E-state index contributed by atoms with van der Waals surface area (Å²) in [5.74, 6) is -2.36. The lowest BCUT2D eigenvalue weighted by Gasteiger charge is -2.08. The van der Waals surface area contributed by atoms with Crippen molar-refractivity contribution in [3.63, 3.8) is 0 Å². The fraction of sp³-hybridized carbons (Fsp3) is 0.100. The number of ether oxygens (including phenoxy) is 1. The van der Waals surface area contributed by atoms with Gasteiger partial charge in [-0.15, -0.1) is 0 Å². The van der Waals surface area contributed by atoms with E-state index in [0.29, 0.717) is 0 Å². The van der Waals surface area contributed by atoms with E-state index in [2.05, 4.69) is 25.6 Å². The SMILES string of the molecule is COc1c(Br)cc(-c2cc(N)on2)c(F)c1F. The molecule has 0 aliphatic carbocycles. The van der Waals surface area contributed by atoms with E-state index in [9.17, 15) is 8.78 Å². The molecule has 0 atom stereocenters. The standard InChI is InChI=1S/C10H7BrF2N2O2/c1-16-10-5(11)2-4(8(12)9(10)13)6-3-7(14)17-15-6/h2-3H,14H2,1H3. The molecular weight excluding hydrogens is 298 g/mol. The molecule has 1 heterocycles. The Bertz CT molecular complexity index is 572. The number of aromatic nitrogens is 1. The van der Waals surface area contributed by atoms with Crippen molar-refractivity contribution in [2.45, 2.75) is 0 Å². The Morgan fingerprint density at radius 2 is 2.06 bits per heavy atom. The molecule has 0 bridgehead atoms. The molecule has 1 aromatic heterocycles. The summed E-state index contributed by atoms with van der Waals surface area (Å²) in [7, 11) is 1.25. The molecule has 90 valence electrons. The fourth-order valence-corrected chi connectivity index (χ4v) is 1.93. The van der Waals surface area contributed by atoms with Gasteiger partial charge in [-0.1, -0.05) is 5.16 Å². The number of nitrogen functional groups attached to an aromatic ring is 1. The van der Waals surface area contributed by atoms with Gasteiger partial charge in [0.15, 0.2) is 11.6 Å². The second-order valence-corrected chi connectivity index (χ2v) is 4.04. The van der Waals surface area contributed by atoms with Crippen LogP contribution in [0.2, 0.25) is 0 Å². The predicted octanol–water partition coefficient (Wildman–Crippen LogP) is 2.97. The van der Waals surface area contributed by atoms with Gasteiger partial charge in [0.2, 0.25) is 11.7 Å². The van der Waals surface area contributed by atoms with Crippen molar-refractivity contribution in [1.82, 2.24) is 5.16 Å². The van der Waals surface area contributed by atoms with E-state index in [0.717, 1.165) is 0 Å². The van der Waals surface area contributed by atoms with E-state index in [-0.39, 0.29) is 27.4 Å². The van der Waals surface area contributed by atoms with Crippen molar-refractivity contribution in [3.05, 3.63) is 28.2 Å². The number of benzene rings is 1. The summed E-state index contributed by atoms with van der Waals surface area (Å²) in [4.78, 5) is 0. The third kappa shape index (κ3) is 1.97. The van der Waals surface area contributed by atoms with E-state index in [4.69, 9.17) is 10.5 Å². The molecule has 2 rings (SSSR count). The molecule has 4 nitrogen and oxygen atoms in total. The van der Waals surface area contributed by atoms with Crippen LogP contribution >= 0.6 is 15.9 Å². The average molecular weight is 305 g/mol. The average Bonchev–Trinajstić information content (AvgIpc) is 2.71. The Morgan fingerprint density at radius 3 is 2.59 bits per heavy atom. The first-order valence-electron chi connectivity index (χ1n) is 4.48. The van der Waals surface area contributed by atoms with E-state index < -0.39 is 11.6 Å². The number of nitrogens with zero attached hydrogens (tertiary/aromatic N) is 1. The molecule has 7 heteroatoms. The highest BCUT2D eigenvalue weighted by Crippen LogP contribution is 2.36. The van der Waals surface area contributed by atoms with E-state index >= 15 is 0 Å². The van der Waals surface area contributed by atoms with Crippen LogP contribution in [-0.2, 0) is 0 Å². The number of nitrogens with two attached hydrogens (primary N) is 1. The van der Waals surface area contributed by atoms with Crippen molar-refractivity contribution in [2.75, 3.05) is 12.8 Å². The van der Waals surface area contributed by atoms with Gasteiger partial charge in [-0.3, -0.25) is 0 Å². The molecule has 0 aliphatic rings. The van der Waals surface area contributed by atoms with Crippen molar-refractivity contribution >= 4 is 21.8 Å². The largest absolute Gasteiger partial charge is 0.492 e. The third-order valence-corrected chi connectivity index (χ3v) is 2.71. The Labute approximate surface area is 103 Å². The highest BCUT2D eigenvalue weighted by atomic mass is 79.9. The maximum Gasteiger partial charge on any atom is 0.222 e. The third-order valence-electron chi connectivity index (χ3n) is 2.12. The van der Waals surface area contributed by atoms with Gasteiger partial charge in [0.25, 0.3) is 0 Å². The van der Waals surface area contributed by atoms with Crippen molar-refractivity contribution in [2.24, 2.45) is 0 Å². The lowest BCUT2D eigenvalue weighted by Crippen LogP contribution is -1.96. The van der Waals surface area contributed by atoms with Crippen LogP contribution in [-0.4, -0.2) is 12.3 Å². The van der Waals surface area contributed by atoms with Gasteiger partial charge in [0.1, 0.15) is 5.69 Å². The summed E-state index contributed by atoms with van der Waals surface area (Å²) in [5, 5.41) is 3.52.